The molecule has 0 amide bonds. The summed E-state index contributed by atoms with van der Waals surface area (Å²) in [6.07, 6.45) is 10.3. The third-order valence-corrected chi connectivity index (χ3v) is 6.45. The largest absolute Gasteiger partial charge is 0.372 e. The first kappa shape index (κ1) is 12.4. The van der Waals surface area contributed by atoms with Gasteiger partial charge in [0.05, 0.1) is 25.4 Å². The van der Waals surface area contributed by atoms with Crippen LogP contribution in [-0.2, 0) is 9.47 Å². The van der Waals surface area contributed by atoms with E-state index in [9.17, 15) is 0 Å². The molecule has 3 nitrogen and oxygen atoms in total. The summed E-state index contributed by atoms with van der Waals surface area (Å²) in [7, 11) is 0. The second kappa shape index (κ2) is 4.44. The first-order chi connectivity index (χ1) is 9.76. The Bertz CT molecular complexity index is 339. The summed E-state index contributed by atoms with van der Waals surface area (Å²) in [6, 6.07) is 0. The van der Waals surface area contributed by atoms with Gasteiger partial charge in [-0.15, -0.1) is 0 Å². The average molecular weight is 277 g/mol. The molecule has 0 aromatic rings. The van der Waals surface area contributed by atoms with Gasteiger partial charge in [0.15, 0.2) is 0 Å². The molecule has 0 N–H and O–H groups in total. The van der Waals surface area contributed by atoms with Crippen molar-refractivity contribution >= 4 is 0 Å². The van der Waals surface area contributed by atoms with Gasteiger partial charge in [0.1, 0.15) is 0 Å². The van der Waals surface area contributed by atoms with Crippen LogP contribution < -0.4 is 0 Å². The highest BCUT2D eigenvalue weighted by atomic mass is 16.6. The predicted octanol–water partition coefficient (Wildman–Crippen LogP) is 2.30. The third-order valence-electron chi connectivity index (χ3n) is 6.45. The summed E-state index contributed by atoms with van der Waals surface area (Å²) < 4.78 is 11.0. The molecule has 0 aromatic carbocycles. The van der Waals surface area contributed by atoms with E-state index in [1.54, 1.807) is 19.3 Å². The molecule has 6 rings (SSSR count). The molecule has 2 unspecified atom stereocenters. The lowest BCUT2D eigenvalue weighted by atomic mass is 9.49. The summed E-state index contributed by atoms with van der Waals surface area (Å²) in [6.45, 7) is 5.62. The van der Waals surface area contributed by atoms with Crippen LogP contribution in [0.1, 0.15) is 38.5 Å². The Morgan fingerprint density at radius 2 is 1.25 bits per heavy atom. The van der Waals surface area contributed by atoms with Gasteiger partial charge in [-0.25, -0.2) is 0 Å². The number of ether oxygens (including phenoxy) is 2. The van der Waals surface area contributed by atoms with E-state index in [4.69, 9.17) is 9.47 Å². The smallest absolute Gasteiger partial charge is 0.0936 e. The lowest BCUT2D eigenvalue weighted by Crippen LogP contribution is -2.52. The second-order valence-electron chi connectivity index (χ2n) is 8.52. The van der Waals surface area contributed by atoms with Crippen molar-refractivity contribution in [3.8, 4) is 0 Å². The molecule has 4 aliphatic carbocycles. The van der Waals surface area contributed by atoms with E-state index >= 15 is 0 Å². The Morgan fingerprint density at radius 3 is 1.65 bits per heavy atom. The zero-order valence-electron chi connectivity index (χ0n) is 12.4. The number of epoxide rings is 2. The average Bonchev–Trinajstić information content (AvgIpc) is 3.22. The summed E-state index contributed by atoms with van der Waals surface area (Å²) >= 11 is 0. The Balaban J connectivity index is 1.30. The van der Waals surface area contributed by atoms with E-state index in [-0.39, 0.29) is 0 Å². The summed E-state index contributed by atoms with van der Waals surface area (Å²) in [5, 5.41) is 0. The van der Waals surface area contributed by atoms with Gasteiger partial charge in [0, 0.05) is 19.6 Å². The van der Waals surface area contributed by atoms with Gasteiger partial charge in [-0.3, -0.25) is 4.90 Å². The van der Waals surface area contributed by atoms with Gasteiger partial charge in [0.2, 0.25) is 0 Å². The minimum absolute atomic E-state index is 0.530. The highest BCUT2D eigenvalue weighted by Gasteiger charge is 2.51. The van der Waals surface area contributed by atoms with Crippen molar-refractivity contribution in [3.63, 3.8) is 0 Å². The van der Waals surface area contributed by atoms with Crippen molar-refractivity contribution in [2.75, 3.05) is 32.8 Å². The molecule has 112 valence electrons. The number of hydrogen-bond acceptors (Lipinski definition) is 3. The molecule has 3 heteroatoms. The van der Waals surface area contributed by atoms with Crippen LogP contribution in [0.15, 0.2) is 0 Å². The maximum atomic E-state index is 5.48. The summed E-state index contributed by atoms with van der Waals surface area (Å²) in [5.74, 6) is 3.20. The summed E-state index contributed by atoms with van der Waals surface area (Å²) in [4.78, 5) is 2.70. The highest BCUT2D eigenvalue weighted by Crippen LogP contribution is 2.60. The topological polar surface area (TPSA) is 28.3 Å². The fourth-order valence-electron chi connectivity index (χ4n) is 6.08. The molecule has 4 saturated carbocycles. The lowest BCUT2D eigenvalue weighted by molar-refractivity contribution is -0.0701. The van der Waals surface area contributed by atoms with E-state index in [1.807, 2.05) is 0 Å². The molecule has 2 atom stereocenters. The van der Waals surface area contributed by atoms with Crippen molar-refractivity contribution in [1.29, 1.82) is 0 Å². The zero-order valence-corrected chi connectivity index (χ0v) is 12.4. The molecule has 20 heavy (non-hydrogen) atoms. The molecule has 0 radical (unpaired) electrons. The van der Waals surface area contributed by atoms with Gasteiger partial charge in [0.25, 0.3) is 0 Å². The van der Waals surface area contributed by atoms with Gasteiger partial charge < -0.3 is 9.47 Å². The first-order valence-electron chi connectivity index (χ1n) is 8.72. The minimum atomic E-state index is 0.530. The Kier molecular flexibility index (Phi) is 2.76. The van der Waals surface area contributed by atoms with Gasteiger partial charge >= 0.3 is 0 Å². The van der Waals surface area contributed by atoms with Crippen LogP contribution in [0.4, 0.5) is 0 Å². The van der Waals surface area contributed by atoms with Crippen molar-refractivity contribution in [1.82, 2.24) is 4.90 Å². The summed E-state index contributed by atoms with van der Waals surface area (Å²) in [5.41, 5.74) is 0.665. The highest BCUT2D eigenvalue weighted by molar-refractivity contribution is 5.03. The molecular formula is C17H27NO2. The van der Waals surface area contributed by atoms with E-state index < -0.39 is 0 Å². The molecule has 0 spiro atoms. The third kappa shape index (κ3) is 2.42. The monoisotopic (exact) mass is 277 g/mol. The maximum absolute atomic E-state index is 5.48. The first-order valence-corrected chi connectivity index (χ1v) is 8.72. The Morgan fingerprint density at radius 1 is 0.800 bits per heavy atom. The van der Waals surface area contributed by atoms with E-state index in [0.29, 0.717) is 17.6 Å². The molecule has 0 aromatic heterocycles. The van der Waals surface area contributed by atoms with Crippen LogP contribution in [0, 0.1) is 23.2 Å². The van der Waals surface area contributed by atoms with Crippen LogP contribution in [0.2, 0.25) is 0 Å². The van der Waals surface area contributed by atoms with Gasteiger partial charge in [-0.05, 0) is 61.7 Å². The predicted molar refractivity (Wildman–Crippen MR) is 76.5 cm³/mol. The molecule has 4 bridgehead atoms. The molecule has 2 heterocycles. The van der Waals surface area contributed by atoms with E-state index in [0.717, 1.165) is 44.1 Å². The Hall–Kier alpha value is -0.120. The maximum Gasteiger partial charge on any atom is 0.0936 e. The number of hydrogen-bond donors (Lipinski definition) is 0. The fraction of sp³-hybridized carbons (Fsp3) is 1.00. The lowest BCUT2D eigenvalue weighted by Gasteiger charge is -2.58. The van der Waals surface area contributed by atoms with Crippen molar-refractivity contribution in [2.45, 2.75) is 50.7 Å². The molecular weight excluding hydrogens is 250 g/mol. The SMILES string of the molecule is C1C2CC3CC1CC(CN(CC1CO1)CC1CO1)(C2)C3. The number of nitrogens with zero attached hydrogens (tertiary/aromatic N) is 1. The van der Waals surface area contributed by atoms with Crippen LogP contribution in [0.5, 0.6) is 0 Å². The van der Waals surface area contributed by atoms with Crippen LogP contribution >= 0.6 is 0 Å². The zero-order chi connectivity index (χ0) is 13.2. The minimum Gasteiger partial charge on any atom is -0.372 e. The van der Waals surface area contributed by atoms with Crippen molar-refractivity contribution in [3.05, 3.63) is 0 Å². The van der Waals surface area contributed by atoms with Crippen molar-refractivity contribution < 1.29 is 9.47 Å². The second-order valence-corrected chi connectivity index (χ2v) is 8.52. The molecule has 2 aliphatic heterocycles. The van der Waals surface area contributed by atoms with Crippen LogP contribution in [-0.4, -0.2) is 50.0 Å². The van der Waals surface area contributed by atoms with E-state index in [2.05, 4.69) is 4.90 Å². The normalized spacial score (nSPS) is 51.8. The van der Waals surface area contributed by atoms with Crippen LogP contribution in [0.3, 0.4) is 0 Å². The molecule has 2 saturated heterocycles. The van der Waals surface area contributed by atoms with Gasteiger partial charge in [-0.1, -0.05) is 0 Å². The van der Waals surface area contributed by atoms with Gasteiger partial charge in [-0.2, -0.15) is 0 Å². The molecule has 6 aliphatic rings. The fourth-order valence-corrected chi connectivity index (χ4v) is 6.08. The standard InChI is InChI=1S/C17H27NO2/c1-12-2-14-3-13(1)5-17(4-12,6-14)11-18(7-15-9-19-15)8-16-10-20-16/h12-16H,1-11H2. The quantitative estimate of drug-likeness (QED) is 0.697. The van der Waals surface area contributed by atoms with E-state index in [1.165, 1.54) is 25.8 Å². The number of rotatable bonds is 6. The molecule has 6 fully saturated rings. The van der Waals surface area contributed by atoms with Crippen LogP contribution in [0.25, 0.3) is 0 Å². The van der Waals surface area contributed by atoms with Crippen molar-refractivity contribution in [2.24, 2.45) is 23.2 Å². The Labute approximate surface area is 122 Å².